The zero-order valence-corrected chi connectivity index (χ0v) is 27.7. The molecule has 244 valence electrons. The second-order valence-corrected chi connectivity index (χ2v) is 11.3. The van der Waals surface area contributed by atoms with Crippen molar-refractivity contribution in [2.24, 2.45) is 0 Å². The first kappa shape index (κ1) is 40.4. The van der Waals surface area contributed by atoms with E-state index < -0.39 is 5.97 Å². The van der Waals surface area contributed by atoms with Crippen LogP contribution in [0.15, 0.2) is 72.9 Å². The zero-order valence-electron chi connectivity index (χ0n) is 27.7. The van der Waals surface area contributed by atoms with Crippen LogP contribution >= 0.6 is 0 Å². The highest BCUT2D eigenvalue weighted by Gasteiger charge is 2.14. The van der Waals surface area contributed by atoms with E-state index in [2.05, 4.69) is 86.8 Å². The third-order valence-electron chi connectivity index (χ3n) is 7.21. The van der Waals surface area contributed by atoms with Gasteiger partial charge in [-0.3, -0.25) is 9.59 Å². The molecule has 0 aromatic carbocycles. The monoisotopic (exact) mass is 596 g/mol. The molecule has 0 aliphatic heterocycles. The summed E-state index contributed by atoms with van der Waals surface area (Å²) in [6.07, 6.45) is 47.7. The summed E-state index contributed by atoms with van der Waals surface area (Å²) in [7, 11) is 0. The van der Waals surface area contributed by atoms with E-state index in [1.54, 1.807) is 0 Å². The fourth-order valence-electron chi connectivity index (χ4n) is 4.68. The van der Waals surface area contributed by atoms with Crippen molar-refractivity contribution >= 4 is 11.9 Å². The first-order chi connectivity index (χ1) is 21.1. The van der Waals surface area contributed by atoms with Crippen LogP contribution in [0, 0.1) is 0 Å². The normalized spacial score (nSPS) is 13.2. The van der Waals surface area contributed by atoms with Gasteiger partial charge in [0.2, 0.25) is 0 Å². The number of hydrogen-bond donors (Lipinski definition) is 1. The molecular formula is C39H64O4. The Morgan fingerprint density at radius 1 is 0.535 bits per heavy atom. The summed E-state index contributed by atoms with van der Waals surface area (Å²) in [6, 6.07) is 0. The molecule has 0 spiro atoms. The zero-order chi connectivity index (χ0) is 31.5. The van der Waals surface area contributed by atoms with Gasteiger partial charge in [-0.15, -0.1) is 0 Å². The third kappa shape index (κ3) is 33.7. The first-order valence-electron chi connectivity index (χ1n) is 17.4. The van der Waals surface area contributed by atoms with Crippen LogP contribution in [0.1, 0.15) is 155 Å². The van der Waals surface area contributed by atoms with Crippen molar-refractivity contribution in [3.8, 4) is 0 Å². The maximum Gasteiger partial charge on any atom is 0.306 e. The molecule has 4 nitrogen and oxygen atoms in total. The minimum Gasteiger partial charge on any atom is -0.481 e. The summed E-state index contributed by atoms with van der Waals surface area (Å²) >= 11 is 0. The van der Waals surface area contributed by atoms with Crippen LogP contribution in [0.5, 0.6) is 0 Å². The van der Waals surface area contributed by atoms with Gasteiger partial charge in [-0.2, -0.15) is 0 Å². The van der Waals surface area contributed by atoms with Gasteiger partial charge < -0.3 is 9.84 Å². The molecule has 1 atom stereocenters. The quantitative estimate of drug-likeness (QED) is 0.0509. The smallest absolute Gasteiger partial charge is 0.306 e. The molecule has 0 aliphatic rings. The molecule has 0 bridgehead atoms. The lowest BCUT2D eigenvalue weighted by Crippen LogP contribution is -2.18. The highest BCUT2D eigenvalue weighted by atomic mass is 16.5. The van der Waals surface area contributed by atoms with Crippen molar-refractivity contribution in [3.63, 3.8) is 0 Å². The number of hydrogen-bond acceptors (Lipinski definition) is 3. The van der Waals surface area contributed by atoms with Crippen molar-refractivity contribution < 1.29 is 19.4 Å². The Balaban J connectivity index is 4.10. The van der Waals surface area contributed by atoms with Crippen LogP contribution in [0.2, 0.25) is 0 Å². The molecule has 0 aliphatic carbocycles. The Bertz CT molecular complexity index is 815. The highest BCUT2D eigenvalue weighted by molar-refractivity contribution is 5.69. The Morgan fingerprint density at radius 2 is 0.953 bits per heavy atom. The standard InChI is InChI=1S/C39H64O4/c1-3-5-7-9-11-13-14-15-16-17-18-19-20-21-22-23-25-27-32-36-39(42)43-37(34-30-28-31-35-38(40)41)33-29-26-24-12-10-8-6-4-2/h5,7,11,13,15-16,18-19,21-22,25,27,37H,3-4,6,8-10,12,14,17,20,23-24,26,28-36H2,1-2H3,(H,40,41)/b7-5-,13-11-,16-15-,19-18-,22-21-,27-25-. The van der Waals surface area contributed by atoms with Gasteiger partial charge in [-0.05, 0) is 77.0 Å². The van der Waals surface area contributed by atoms with Crippen molar-refractivity contribution in [1.29, 1.82) is 0 Å². The molecule has 1 unspecified atom stereocenters. The minimum atomic E-state index is -0.740. The summed E-state index contributed by atoms with van der Waals surface area (Å²) in [5.74, 6) is -0.856. The van der Waals surface area contributed by atoms with Crippen LogP contribution in [0.4, 0.5) is 0 Å². The summed E-state index contributed by atoms with van der Waals surface area (Å²) in [5, 5.41) is 8.84. The molecule has 0 heterocycles. The average Bonchev–Trinajstić information content (AvgIpc) is 2.99. The van der Waals surface area contributed by atoms with Crippen molar-refractivity contribution in [3.05, 3.63) is 72.9 Å². The van der Waals surface area contributed by atoms with E-state index in [0.717, 1.165) is 70.6 Å². The third-order valence-corrected chi connectivity index (χ3v) is 7.21. The van der Waals surface area contributed by atoms with E-state index in [9.17, 15) is 9.59 Å². The van der Waals surface area contributed by atoms with Crippen molar-refractivity contribution in [2.75, 3.05) is 0 Å². The molecule has 0 aromatic rings. The molecule has 0 fully saturated rings. The van der Waals surface area contributed by atoms with Crippen molar-refractivity contribution in [1.82, 2.24) is 0 Å². The predicted octanol–water partition coefficient (Wildman–Crippen LogP) is 11.9. The number of allylic oxidation sites excluding steroid dienone is 12. The summed E-state index contributed by atoms with van der Waals surface area (Å²) in [5.41, 5.74) is 0. The predicted molar refractivity (Wildman–Crippen MR) is 185 cm³/mol. The fourth-order valence-corrected chi connectivity index (χ4v) is 4.68. The van der Waals surface area contributed by atoms with E-state index in [4.69, 9.17) is 9.84 Å². The lowest BCUT2D eigenvalue weighted by Gasteiger charge is -2.18. The van der Waals surface area contributed by atoms with E-state index in [1.165, 1.54) is 44.9 Å². The number of aliphatic carboxylic acids is 1. The second-order valence-electron chi connectivity index (χ2n) is 11.3. The Kier molecular flexibility index (Phi) is 31.8. The van der Waals surface area contributed by atoms with Crippen LogP contribution in [0.25, 0.3) is 0 Å². The van der Waals surface area contributed by atoms with E-state index in [1.807, 2.05) is 0 Å². The maximum absolute atomic E-state index is 12.5. The first-order valence-corrected chi connectivity index (χ1v) is 17.4. The van der Waals surface area contributed by atoms with Crippen molar-refractivity contribution in [2.45, 2.75) is 161 Å². The van der Waals surface area contributed by atoms with Gasteiger partial charge in [0.25, 0.3) is 0 Å². The number of carbonyl (C=O) groups is 2. The topological polar surface area (TPSA) is 63.6 Å². The molecule has 0 radical (unpaired) electrons. The molecule has 4 heteroatoms. The number of carbonyl (C=O) groups excluding carboxylic acids is 1. The number of ether oxygens (including phenoxy) is 1. The second kappa shape index (κ2) is 33.9. The molecular weight excluding hydrogens is 532 g/mol. The molecule has 0 saturated carbocycles. The minimum absolute atomic E-state index is 0.0392. The number of carboxylic acid groups (broad SMARTS) is 1. The highest BCUT2D eigenvalue weighted by Crippen LogP contribution is 2.17. The maximum atomic E-state index is 12.5. The fraction of sp³-hybridized carbons (Fsp3) is 0.641. The largest absolute Gasteiger partial charge is 0.481 e. The lowest BCUT2D eigenvalue weighted by atomic mass is 10.0. The van der Waals surface area contributed by atoms with E-state index >= 15 is 0 Å². The van der Waals surface area contributed by atoms with Gasteiger partial charge in [-0.25, -0.2) is 0 Å². The summed E-state index contributed by atoms with van der Waals surface area (Å²) in [4.78, 5) is 23.2. The Morgan fingerprint density at radius 3 is 1.42 bits per heavy atom. The average molecular weight is 597 g/mol. The summed E-state index contributed by atoms with van der Waals surface area (Å²) < 4.78 is 5.85. The Hall–Kier alpha value is -2.62. The van der Waals surface area contributed by atoms with Crippen LogP contribution < -0.4 is 0 Å². The van der Waals surface area contributed by atoms with Gasteiger partial charge in [0.15, 0.2) is 0 Å². The molecule has 0 aromatic heterocycles. The lowest BCUT2D eigenvalue weighted by molar-refractivity contribution is -0.149. The SMILES string of the molecule is CC/C=C\C/C=C\C/C=C\C/C=C\C/C=C\C/C=C\CCC(=O)OC(CCCCCCCCCC)CCCCCC(=O)O. The van der Waals surface area contributed by atoms with Gasteiger partial charge in [0.05, 0.1) is 0 Å². The van der Waals surface area contributed by atoms with Gasteiger partial charge in [0, 0.05) is 12.8 Å². The van der Waals surface area contributed by atoms with E-state index in [0.29, 0.717) is 19.3 Å². The summed E-state index contributed by atoms with van der Waals surface area (Å²) in [6.45, 7) is 4.40. The van der Waals surface area contributed by atoms with Gasteiger partial charge in [0.1, 0.15) is 6.10 Å². The number of carboxylic acids is 1. The number of rotatable bonds is 30. The van der Waals surface area contributed by atoms with Gasteiger partial charge >= 0.3 is 11.9 Å². The molecule has 43 heavy (non-hydrogen) atoms. The Labute approximate surface area is 265 Å². The van der Waals surface area contributed by atoms with Gasteiger partial charge in [-0.1, -0.05) is 138 Å². The molecule has 0 rings (SSSR count). The van der Waals surface area contributed by atoms with Crippen LogP contribution in [-0.2, 0) is 14.3 Å². The van der Waals surface area contributed by atoms with Crippen LogP contribution in [-0.4, -0.2) is 23.1 Å². The molecule has 0 amide bonds. The molecule has 0 saturated heterocycles. The molecule has 1 N–H and O–H groups in total. The number of unbranched alkanes of at least 4 members (excludes halogenated alkanes) is 9. The van der Waals surface area contributed by atoms with E-state index in [-0.39, 0.29) is 18.5 Å². The van der Waals surface area contributed by atoms with Crippen LogP contribution in [0.3, 0.4) is 0 Å². The number of esters is 1.